The number of carbonyl (C=O) groups excluding carboxylic acids is 3. The maximum Gasteiger partial charge on any atom is 0.254 e. The van der Waals surface area contributed by atoms with Gasteiger partial charge in [-0.1, -0.05) is 31.0 Å². The summed E-state index contributed by atoms with van der Waals surface area (Å²) in [4.78, 5) is 38.9. The largest absolute Gasteiger partial charge is 0.454 e. The molecule has 0 saturated heterocycles. The molecule has 31 heavy (non-hydrogen) atoms. The molecule has 0 atom stereocenters. The van der Waals surface area contributed by atoms with Crippen LogP contribution in [0.25, 0.3) is 0 Å². The molecule has 0 bridgehead atoms. The molecule has 1 heterocycles. The zero-order valence-electron chi connectivity index (χ0n) is 17.8. The molecule has 0 aliphatic carbocycles. The molecule has 0 spiro atoms. The summed E-state index contributed by atoms with van der Waals surface area (Å²) >= 11 is 0. The molecule has 2 aromatic rings. The van der Waals surface area contributed by atoms with Crippen molar-refractivity contribution in [2.45, 2.75) is 26.7 Å². The van der Waals surface area contributed by atoms with Gasteiger partial charge in [0.25, 0.3) is 5.91 Å². The van der Waals surface area contributed by atoms with E-state index in [1.807, 2.05) is 26.0 Å². The molecule has 1 aliphatic rings. The van der Waals surface area contributed by atoms with E-state index in [0.717, 1.165) is 18.4 Å². The summed E-state index contributed by atoms with van der Waals surface area (Å²) < 4.78 is 10.6. The van der Waals surface area contributed by atoms with Crippen LogP contribution in [0, 0.1) is 6.92 Å². The topological polar surface area (TPSA) is 97.0 Å². The number of rotatable bonds is 9. The predicted octanol–water partition coefficient (Wildman–Crippen LogP) is 2.72. The van der Waals surface area contributed by atoms with Crippen molar-refractivity contribution in [3.8, 4) is 11.5 Å². The van der Waals surface area contributed by atoms with E-state index in [1.165, 1.54) is 4.90 Å². The summed E-state index contributed by atoms with van der Waals surface area (Å²) in [5.41, 5.74) is 2.17. The van der Waals surface area contributed by atoms with Crippen molar-refractivity contribution in [2.24, 2.45) is 0 Å². The summed E-state index contributed by atoms with van der Waals surface area (Å²) in [5.74, 6) is 0.0992. The summed E-state index contributed by atoms with van der Waals surface area (Å²) in [7, 11) is 0. The zero-order chi connectivity index (χ0) is 22.2. The Morgan fingerprint density at radius 1 is 1.00 bits per heavy atom. The molecule has 0 radical (unpaired) electrons. The standard InChI is InChI=1S/C23H27N3O5/c1-3-4-11-26(23(29)17-7-10-19-20(12-17)31-15-30-19)14-22(28)24-13-21(27)25-18-8-5-16(2)6-9-18/h5-10,12H,3-4,11,13-15H2,1-2H3,(H,24,28)(H,25,27). The minimum Gasteiger partial charge on any atom is -0.454 e. The van der Waals surface area contributed by atoms with Crippen molar-refractivity contribution < 1.29 is 23.9 Å². The molecule has 0 aromatic heterocycles. The molecule has 8 nitrogen and oxygen atoms in total. The lowest BCUT2D eigenvalue weighted by atomic mass is 10.1. The number of carbonyl (C=O) groups is 3. The van der Waals surface area contributed by atoms with Gasteiger partial charge in [0, 0.05) is 17.8 Å². The van der Waals surface area contributed by atoms with Crippen LogP contribution in [0.15, 0.2) is 42.5 Å². The summed E-state index contributed by atoms with van der Waals surface area (Å²) in [6.45, 7) is 4.23. The van der Waals surface area contributed by atoms with Gasteiger partial charge in [0.2, 0.25) is 18.6 Å². The second-order valence-corrected chi connectivity index (χ2v) is 7.34. The molecule has 3 rings (SSSR count). The van der Waals surface area contributed by atoms with E-state index in [2.05, 4.69) is 10.6 Å². The highest BCUT2D eigenvalue weighted by atomic mass is 16.7. The van der Waals surface area contributed by atoms with Crippen molar-refractivity contribution in [3.63, 3.8) is 0 Å². The van der Waals surface area contributed by atoms with Crippen LogP contribution in [0.1, 0.15) is 35.7 Å². The van der Waals surface area contributed by atoms with Crippen molar-refractivity contribution >= 4 is 23.4 Å². The Morgan fingerprint density at radius 3 is 2.48 bits per heavy atom. The van der Waals surface area contributed by atoms with E-state index in [1.54, 1.807) is 30.3 Å². The second kappa shape index (κ2) is 10.5. The number of nitrogens with zero attached hydrogens (tertiary/aromatic N) is 1. The maximum atomic E-state index is 13.0. The maximum absolute atomic E-state index is 13.0. The molecule has 164 valence electrons. The van der Waals surface area contributed by atoms with Crippen LogP contribution < -0.4 is 20.1 Å². The third-order valence-electron chi connectivity index (χ3n) is 4.80. The lowest BCUT2D eigenvalue weighted by molar-refractivity contribution is -0.124. The third-order valence-corrected chi connectivity index (χ3v) is 4.80. The highest BCUT2D eigenvalue weighted by Crippen LogP contribution is 2.32. The molecule has 0 fully saturated rings. The monoisotopic (exact) mass is 425 g/mol. The number of anilines is 1. The lowest BCUT2D eigenvalue weighted by Gasteiger charge is -2.22. The zero-order valence-corrected chi connectivity index (χ0v) is 17.8. The van der Waals surface area contributed by atoms with Gasteiger partial charge < -0.3 is 25.0 Å². The summed E-state index contributed by atoms with van der Waals surface area (Å²) in [6, 6.07) is 12.3. The van der Waals surface area contributed by atoms with E-state index in [-0.39, 0.29) is 31.7 Å². The first kappa shape index (κ1) is 22.1. The third kappa shape index (κ3) is 6.21. The van der Waals surface area contributed by atoms with Crippen LogP contribution in [0.5, 0.6) is 11.5 Å². The fourth-order valence-corrected chi connectivity index (χ4v) is 3.06. The van der Waals surface area contributed by atoms with Gasteiger partial charge in [0.05, 0.1) is 13.1 Å². The Hall–Kier alpha value is -3.55. The van der Waals surface area contributed by atoms with Crippen LogP contribution in [-0.2, 0) is 9.59 Å². The second-order valence-electron chi connectivity index (χ2n) is 7.34. The van der Waals surface area contributed by atoms with Gasteiger partial charge in [0.15, 0.2) is 11.5 Å². The first-order chi connectivity index (χ1) is 15.0. The van der Waals surface area contributed by atoms with Gasteiger partial charge in [0.1, 0.15) is 0 Å². The highest BCUT2D eigenvalue weighted by Gasteiger charge is 2.22. The number of unbranched alkanes of at least 4 members (excludes halogenated alkanes) is 1. The van der Waals surface area contributed by atoms with Gasteiger partial charge >= 0.3 is 0 Å². The van der Waals surface area contributed by atoms with E-state index < -0.39 is 5.91 Å². The molecule has 0 unspecified atom stereocenters. The first-order valence-electron chi connectivity index (χ1n) is 10.3. The van der Waals surface area contributed by atoms with Crippen LogP contribution in [0.4, 0.5) is 5.69 Å². The van der Waals surface area contributed by atoms with E-state index in [9.17, 15) is 14.4 Å². The molecule has 1 aliphatic heterocycles. The normalized spacial score (nSPS) is 11.7. The molecular weight excluding hydrogens is 398 g/mol. The SMILES string of the molecule is CCCCN(CC(=O)NCC(=O)Nc1ccc(C)cc1)C(=O)c1ccc2c(c1)OCO2. The van der Waals surface area contributed by atoms with E-state index in [0.29, 0.717) is 29.3 Å². The van der Waals surface area contributed by atoms with Crippen LogP contribution in [-0.4, -0.2) is 49.0 Å². The lowest BCUT2D eigenvalue weighted by Crippen LogP contribution is -2.43. The molecule has 2 N–H and O–H groups in total. The Kier molecular flexibility index (Phi) is 7.48. The average molecular weight is 425 g/mol. The number of hydrogen-bond donors (Lipinski definition) is 2. The Morgan fingerprint density at radius 2 is 1.74 bits per heavy atom. The number of amides is 3. The number of nitrogens with one attached hydrogen (secondary N) is 2. The molecule has 3 amide bonds. The quantitative estimate of drug-likeness (QED) is 0.644. The minimum absolute atomic E-state index is 0.125. The minimum atomic E-state index is -0.399. The molecular formula is C23H27N3O5. The Balaban J connectivity index is 1.55. The fourth-order valence-electron chi connectivity index (χ4n) is 3.06. The number of aryl methyl sites for hydroxylation is 1. The molecule has 2 aromatic carbocycles. The Labute approximate surface area is 181 Å². The van der Waals surface area contributed by atoms with Crippen LogP contribution >= 0.6 is 0 Å². The number of ether oxygens (including phenoxy) is 2. The number of fused-ring (bicyclic) bond motifs is 1. The number of benzene rings is 2. The molecule has 0 saturated carbocycles. The van der Waals surface area contributed by atoms with Crippen molar-refractivity contribution in [1.29, 1.82) is 0 Å². The van der Waals surface area contributed by atoms with E-state index >= 15 is 0 Å². The first-order valence-corrected chi connectivity index (χ1v) is 10.3. The van der Waals surface area contributed by atoms with E-state index in [4.69, 9.17) is 9.47 Å². The van der Waals surface area contributed by atoms with Crippen molar-refractivity contribution in [3.05, 3.63) is 53.6 Å². The van der Waals surface area contributed by atoms with Gasteiger partial charge in [-0.2, -0.15) is 0 Å². The van der Waals surface area contributed by atoms with Gasteiger partial charge in [-0.15, -0.1) is 0 Å². The van der Waals surface area contributed by atoms with Gasteiger partial charge in [-0.25, -0.2) is 0 Å². The van der Waals surface area contributed by atoms with Crippen LogP contribution in [0.2, 0.25) is 0 Å². The van der Waals surface area contributed by atoms with Crippen LogP contribution in [0.3, 0.4) is 0 Å². The van der Waals surface area contributed by atoms with Gasteiger partial charge in [-0.3, -0.25) is 14.4 Å². The summed E-state index contributed by atoms with van der Waals surface area (Å²) in [5, 5.41) is 5.30. The number of hydrogen-bond acceptors (Lipinski definition) is 5. The molecule has 8 heteroatoms. The van der Waals surface area contributed by atoms with Crippen molar-refractivity contribution in [2.75, 3.05) is 31.7 Å². The van der Waals surface area contributed by atoms with Gasteiger partial charge in [-0.05, 0) is 43.7 Å². The summed E-state index contributed by atoms with van der Waals surface area (Å²) in [6.07, 6.45) is 1.64. The highest BCUT2D eigenvalue weighted by molar-refractivity contribution is 5.98. The predicted molar refractivity (Wildman–Crippen MR) is 116 cm³/mol. The smallest absolute Gasteiger partial charge is 0.254 e. The fraction of sp³-hybridized carbons (Fsp3) is 0.348. The Bertz CT molecular complexity index is 943. The van der Waals surface area contributed by atoms with Crippen molar-refractivity contribution in [1.82, 2.24) is 10.2 Å². The average Bonchev–Trinajstić information content (AvgIpc) is 3.24.